The molecule has 3 aromatic rings. The van der Waals surface area contributed by atoms with Crippen molar-refractivity contribution >= 4 is 22.5 Å². The molecule has 0 aliphatic carbocycles. The summed E-state index contributed by atoms with van der Waals surface area (Å²) in [7, 11) is 0. The van der Waals surface area contributed by atoms with E-state index in [-0.39, 0.29) is 5.91 Å². The minimum Gasteiger partial charge on any atom is -0.379 e. The van der Waals surface area contributed by atoms with Crippen LogP contribution >= 0.6 is 0 Å². The zero-order valence-electron chi connectivity index (χ0n) is 16.6. The predicted molar refractivity (Wildman–Crippen MR) is 113 cm³/mol. The van der Waals surface area contributed by atoms with Crippen molar-refractivity contribution in [3.8, 4) is 0 Å². The summed E-state index contributed by atoms with van der Waals surface area (Å²) in [5.41, 5.74) is 4.89. The Hall–Kier alpha value is -2.63. The molecule has 2 aromatic carbocycles. The smallest absolute Gasteiger partial charge is 0.255 e. The number of hydrogen-bond donors (Lipinski definition) is 1. The van der Waals surface area contributed by atoms with E-state index >= 15 is 0 Å². The Labute approximate surface area is 165 Å². The molecule has 0 bridgehead atoms. The molecule has 1 aliphatic rings. The Kier molecular flexibility index (Phi) is 5.46. The van der Waals surface area contributed by atoms with Gasteiger partial charge in [-0.25, -0.2) is 0 Å². The van der Waals surface area contributed by atoms with E-state index in [4.69, 9.17) is 4.74 Å². The molecule has 5 heteroatoms. The number of anilines is 1. The summed E-state index contributed by atoms with van der Waals surface area (Å²) in [5.74, 6) is -0.0661. The molecular formula is C23H27N3O2. The number of nitrogens with zero attached hydrogens (tertiary/aromatic N) is 2. The molecular weight excluding hydrogens is 350 g/mol. The molecule has 0 saturated carbocycles. The van der Waals surface area contributed by atoms with Crippen molar-refractivity contribution in [2.24, 2.45) is 0 Å². The normalized spacial score (nSPS) is 15.1. The number of ether oxygens (including phenoxy) is 1. The highest BCUT2D eigenvalue weighted by molar-refractivity contribution is 6.06. The van der Waals surface area contributed by atoms with Crippen molar-refractivity contribution in [2.45, 2.75) is 20.4 Å². The number of nitrogens with one attached hydrogen (secondary N) is 1. The van der Waals surface area contributed by atoms with Gasteiger partial charge in [-0.3, -0.25) is 9.69 Å². The monoisotopic (exact) mass is 377 g/mol. The fourth-order valence-electron chi connectivity index (χ4n) is 3.81. The van der Waals surface area contributed by atoms with Crippen LogP contribution in [0.25, 0.3) is 10.9 Å². The molecule has 1 saturated heterocycles. The summed E-state index contributed by atoms with van der Waals surface area (Å²) in [6.07, 6.45) is 2.13. The van der Waals surface area contributed by atoms with Crippen molar-refractivity contribution in [3.63, 3.8) is 0 Å². The van der Waals surface area contributed by atoms with Crippen LogP contribution in [0.3, 0.4) is 0 Å². The first-order valence-electron chi connectivity index (χ1n) is 9.88. The molecule has 2 heterocycles. The van der Waals surface area contributed by atoms with Gasteiger partial charge in [0, 0.05) is 54.5 Å². The Bertz CT molecular complexity index is 987. The van der Waals surface area contributed by atoms with Gasteiger partial charge < -0.3 is 14.6 Å². The van der Waals surface area contributed by atoms with E-state index in [1.54, 1.807) is 0 Å². The lowest BCUT2D eigenvalue weighted by Crippen LogP contribution is -2.38. The number of carbonyl (C=O) groups is 1. The highest BCUT2D eigenvalue weighted by Crippen LogP contribution is 2.22. The number of aryl methyl sites for hydroxylation is 2. The number of amides is 1. The van der Waals surface area contributed by atoms with E-state index in [1.165, 1.54) is 5.52 Å². The van der Waals surface area contributed by atoms with Gasteiger partial charge in [-0.1, -0.05) is 17.7 Å². The van der Waals surface area contributed by atoms with Crippen LogP contribution in [0.5, 0.6) is 0 Å². The van der Waals surface area contributed by atoms with Crippen LogP contribution in [0, 0.1) is 13.8 Å². The first-order chi connectivity index (χ1) is 13.6. The van der Waals surface area contributed by atoms with E-state index in [0.717, 1.165) is 61.6 Å². The SMILES string of the molecule is Cc1ccc(C(=O)Nc2ccc3c(ccn3CCN3CCOCC3)c2)c(C)c1. The molecule has 0 spiro atoms. The Morgan fingerprint density at radius 3 is 2.64 bits per heavy atom. The van der Waals surface area contributed by atoms with Crippen LogP contribution in [-0.2, 0) is 11.3 Å². The van der Waals surface area contributed by atoms with E-state index in [1.807, 2.05) is 44.2 Å². The van der Waals surface area contributed by atoms with Crippen molar-refractivity contribution in [3.05, 3.63) is 65.4 Å². The molecule has 146 valence electrons. The molecule has 0 atom stereocenters. The van der Waals surface area contributed by atoms with Crippen LogP contribution in [0.15, 0.2) is 48.7 Å². The van der Waals surface area contributed by atoms with Gasteiger partial charge in [0.25, 0.3) is 5.91 Å². The number of aromatic nitrogens is 1. The molecule has 5 nitrogen and oxygen atoms in total. The molecule has 1 aliphatic heterocycles. The molecule has 28 heavy (non-hydrogen) atoms. The van der Waals surface area contributed by atoms with Crippen molar-refractivity contribution < 1.29 is 9.53 Å². The second-order valence-corrected chi connectivity index (χ2v) is 7.51. The number of morpholine rings is 1. The summed E-state index contributed by atoms with van der Waals surface area (Å²) in [4.78, 5) is 15.1. The molecule has 1 N–H and O–H groups in total. The minimum absolute atomic E-state index is 0.0661. The third kappa shape index (κ3) is 4.11. The van der Waals surface area contributed by atoms with E-state index in [0.29, 0.717) is 5.56 Å². The quantitative estimate of drug-likeness (QED) is 0.735. The van der Waals surface area contributed by atoms with Gasteiger partial charge in [0.05, 0.1) is 13.2 Å². The second-order valence-electron chi connectivity index (χ2n) is 7.51. The van der Waals surface area contributed by atoms with Crippen LogP contribution in [0.2, 0.25) is 0 Å². The lowest BCUT2D eigenvalue weighted by atomic mass is 10.1. The van der Waals surface area contributed by atoms with Gasteiger partial charge in [0.2, 0.25) is 0 Å². The minimum atomic E-state index is -0.0661. The maximum atomic E-state index is 12.6. The Morgan fingerprint density at radius 2 is 1.86 bits per heavy atom. The Morgan fingerprint density at radius 1 is 1.04 bits per heavy atom. The highest BCUT2D eigenvalue weighted by Gasteiger charge is 2.12. The van der Waals surface area contributed by atoms with Crippen LogP contribution < -0.4 is 5.32 Å². The van der Waals surface area contributed by atoms with E-state index in [9.17, 15) is 4.79 Å². The summed E-state index contributed by atoms with van der Waals surface area (Å²) >= 11 is 0. The lowest BCUT2D eigenvalue weighted by Gasteiger charge is -2.26. The van der Waals surface area contributed by atoms with Gasteiger partial charge in [0.15, 0.2) is 0 Å². The van der Waals surface area contributed by atoms with Gasteiger partial charge in [-0.2, -0.15) is 0 Å². The zero-order chi connectivity index (χ0) is 19.5. The predicted octanol–water partition coefficient (Wildman–Crippen LogP) is 3.84. The second kappa shape index (κ2) is 8.17. The van der Waals surface area contributed by atoms with Gasteiger partial charge in [-0.15, -0.1) is 0 Å². The fourth-order valence-corrected chi connectivity index (χ4v) is 3.81. The van der Waals surface area contributed by atoms with Gasteiger partial charge >= 0.3 is 0 Å². The first kappa shape index (κ1) is 18.7. The van der Waals surface area contributed by atoms with Gasteiger partial charge in [-0.05, 0) is 49.7 Å². The molecule has 4 rings (SSSR count). The highest BCUT2D eigenvalue weighted by atomic mass is 16.5. The average molecular weight is 377 g/mol. The maximum absolute atomic E-state index is 12.6. The third-order valence-electron chi connectivity index (χ3n) is 5.42. The van der Waals surface area contributed by atoms with E-state index < -0.39 is 0 Å². The average Bonchev–Trinajstić information content (AvgIpc) is 3.09. The largest absolute Gasteiger partial charge is 0.379 e. The number of benzene rings is 2. The summed E-state index contributed by atoms with van der Waals surface area (Å²) < 4.78 is 7.69. The summed E-state index contributed by atoms with van der Waals surface area (Å²) in [6.45, 7) is 9.66. The number of rotatable bonds is 5. The fraction of sp³-hybridized carbons (Fsp3) is 0.348. The standard InChI is InChI=1S/C23H27N3O2/c1-17-3-5-21(18(2)15-17)23(27)24-20-4-6-22-19(16-20)7-8-26(22)10-9-25-11-13-28-14-12-25/h3-8,15-16H,9-14H2,1-2H3,(H,24,27). The topological polar surface area (TPSA) is 46.5 Å². The molecule has 0 radical (unpaired) electrons. The first-order valence-corrected chi connectivity index (χ1v) is 9.88. The maximum Gasteiger partial charge on any atom is 0.255 e. The number of fused-ring (bicyclic) bond motifs is 1. The zero-order valence-corrected chi connectivity index (χ0v) is 16.6. The number of carbonyl (C=O) groups excluding carboxylic acids is 1. The molecule has 1 amide bonds. The molecule has 1 aromatic heterocycles. The molecule has 0 unspecified atom stereocenters. The van der Waals surface area contributed by atoms with Crippen molar-refractivity contribution in [2.75, 3.05) is 38.2 Å². The molecule has 1 fully saturated rings. The van der Waals surface area contributed by atoms with Crippen LogP contribution in [-0.4, -0.2) is 48.2 Å². The van der Waals surface area contributed by atoms with Crippen LogP contribution in [0.4, 0.5) is 5.69 Å². The van der Waals surface area contributed by atoms with Crippen LogP contribution in [0.1, 0.15) is 21.5 Å². The summed E-state index contributed by atoms with van der Waals surface area (Å²) in [5, 5.41) is 4.17. The van der Waals surface area contributed by atoms with Crippen molar-refractivity contribution in [1.82, 2.24) is 9.47 Å². The lowest BCUT2D eigenvalue weighted by molar-refractivity contribution is 0.0365. The van der Waals surface area contributed by atoms with Gasteiger partial charge in [0.1, 0.15) is 0 Å². The Balaban J connectivity index is 1.45. The number of hydrogen-bond acceptors (Lipinski definition) is 3. The third-order valence-corrected chi connectivity index (χ3v) is 5.42. The summed E-state index contributed by atoms with van der Waals surface area (Å²) in [6, 6.07) is 14.1. The van der Waals surface area contributed by atoms with Crippen molar-refractivity contribution in [1.29, 1.82) is 0 Å². The van der Waals surface area contributed by atoms with E-state index in [2.05, 4.69) is 33.1 Å².